The molecule has 0 bridgehead atoms. The van der Waals surface area contributed by atoms with Gasteiger partial charge in [0.2, 0.25) is 0 Å². The first-order valence-corrected chi connectivity index (χ1v) is 7.34. The molecule has 1 heterocycles. The second-order valence-corrected chi connectivity index (χ2v) is 6.90. The van der Waals surface area contributed by atoms with Crippen LogP contribution >= 0.6 is 15.9 Å². The lowest BCUT2D eigenvalue weighted by molar-refractivity contribution is 0.400. The number of nitrogens with zero attached hydrogens (tertiary/aromatic N) is 2. The second-order valence-electron chi connectivity index (χ2n) is 6.11. The van der Waals surface area contributed by atoms with E-state index in [2.05, 4.69) is 67.8 Å². The van der Waals surface area contributed by atoms with Gasteiger partial charge in [0.15, 0.2) is 0 Å². The average molecular weight is 314 g/mol. The van der Waals surface area contributed by atoms with Crippen LogP contribution in [0.2, 0.25) is 0 Å². The fourth-order valence-corrected chi connectivity index (χ4v) is 2.51. The van der Waals surface area contributed by atoms with E-state index >= 15 is 0 Å². The molecular weight excluding hydrogens is 290 g/mol. The van der Waals surface area contributed by atoms with E-state index in [1.807, 2.05) is 0 Å². The minimum Gasteiger partial charge on any atom is -0.369 e. The highest BCUT2D eigenvalue weighted by atomic mass is 79.9. The van der Waals surface area contributed by atoms with E-state index in [-0.39, 0.29) is 5.41 Å². The van der Waals surface area contributed by atoms with Crippen molar-refractivity contribution in [3.63, 3.8) is 0 Å². The van der Waals surface area contributed by atoms with Crippen LogP contribution in [0.15, 0.2) is 4.47 Å². The zero-order chi connectivity index (χ0) is 13.9. The summed E-state index contributed by atoms with van der Waals surface area (Å²) in [5.41, 5.74) is 1.28. The van der Waals surface area contributed by atoms with E-state index in [1.165, 1.54) is 0 Å². The van der Waals surface area contributed by atoms with Gasteiger partial charge in [0.1, 0.15) is 11.6 Å². The molecule has 0 aliphatic heterocycles. The van der Waals surface area contributed by atoms with Crippen molar-refractivity contribution in [1.82, 2.24) is 9.97 Å². The van der Waals surface area contributed by atoms with Crippen LogP contribution in [0.25, 0.3) is 0 Å². The molecule has 0 aromatic carbocycles. The molecule has 4 heteroatoms. The van der Waals surface area contributed by atoms with Crippen LogP contribution in [0.1, 0.15) is 59.0 Å². The van der Waals surface area contributed by atoms with Crippen molar-refractivity contribution in [3.05, 3.63) is 16.0 Å². The van der Waals surface area contributed by atoms with Crippen molar-refractivity contribution < 1.29 is 0 Å². The highest BCUT2D eigenvalue weighted by Gasteiger charge is 2.18. The van der Waals surface area contributed by atoms with Crippen molar-refractivity contribution >= 4 is 21.7 Å². The number of hydrogen-bond acceptors (Lipinski definition) is 3. The Hall–Kier alpha value is -0.640. The Morgan fingerprint density at radius 3 is 2.28 bits per heavy atom. The first kappa shape index (κ1) is 15.4. The largest absolute Gasteiger partial charge is 0.369 e. The van der Waals surface area contributed by atoms with E-state index in [0.29, 0.717) is 5.92 Å². The lowest BCUT2D eigenvalue weighted by Crippen LogP contribution is -2.15. The standard InChI is InChI=1S/C14H24BrN3/c1-7-16-13-11(15)12(9(2)3)17-10(18-13)8-14(4,5)6/h9H,7-8H2,1-6H3,(H,16,17,18). The Bertz CT molecular complexity index is 408. The second kappa shape index (κ2) is 6.00. The normalized spacial score (nSPS) is 12.0. The summed E-state index contributed by atoms with van der Waals surface area (Å²) in [7, 11) is 0. The molecule has 0 spiro atoms. The molecule has 0 unspecified atom stereocenters. The number of anilines is 1. The molecule has 0 amide bonds. The zero-order valence-corrected chi connectivity index (χ0v) is 13.8. The minimum atomic E-state index is 0.200. The summed E-state index contributed by atoms with van der Waals surface area (Å²) < 4.78 is 0.997. The predicted octanol–water partition coefficient (Wildman–Crippen LogP) is 4.38. The Kier molecular flexibility index (Phi) is 5.14. The molecule has 1 N–H and O–H groups in total. The Labute approximate surface area is 119 Å². The van der Waals surface area contributed by atoms with Crippen molar-refractivity contribution in [2.24, 2.45) is 5.41 Å². The van der Waals surface area contributed by atoms with Gasteiger partial charge in [0.25, 0.3) is 0 Å². The third-order valence-electron chi connectivity index (χ3n) is 2.50. The quantitative estimate of drug-likeness (QED) is 0.896. The van der Waals surface area contributed by atoms with Gasteiger partial charge in [-0.3, -0.25) is 0 Å². The summed E-state index contributed by atoms with van der Waals surface area (Å²) in [6, 6.07) is 0. The molecule has 18 heavy (non-hydrogen) atoms. The SMILES string of the molecule is CCNc1nc(CC(C)(C)C)nc(C(C)C)c1Br. The molecule has 3 nitrogen and oxygen atoms in total. The molecule has 0 saturated heterocycles. The van der Waals surface area contributed by atoms with Crippen LogP contribution in [-0.2, 0) is 6.42 Å². The summed E-state index contributed by atoms with van der Waals surface area (Å²) >= 11 is 3.61. The van der Waals surface area contributed by atoms with Crippen LogP contribution in [0.4, 0.5) is 5.82 Å². The fourth-order valence-electron chi connectivity index (χ4n) is 1.73. The number of aromatic nitrogens is 2. The monoisotopic (exact) mass is 313 g/mol. The molecule has 0 saturated carbocycles. The molecule has 0 aliphatic rings. The van der Waals surface area contributed by atoms with Crippen LogP contribution in [0, 0.1) is 5.41 Å². The maximum atomic E-state index is 4.70. The number of nitrogens with one attached hydrogen (secondary N) is 1. The van der Waals surface area contributed by atoms with Gasteiger partial charge in [0.05, 0.1) is 10.2 Å². The van der Waals surface area contributed by atoms with E-state index in [4.69, 9.17) is 4.98 Å². The van der Waals surface area contributed by atoms with Crippen LogP contribution in [0.5, 0.6) is 0 Å². The molecule has 0 atom stereocenters. The third-order valence-corrected chi connectivity index (χ3v) is 3.28. The van der Waals surface area contributed by atoms with Crippen molar-refractivity contribution in [2.75, 3.05) is 11.9 Å². The maximum absolute atomic E-state index is 4.70. The smallest absolute Gasteiger partial charge is 0.144 e. The van der Waals surface area contributed by atoms with E-state index < -0.39 is 0 Å². The Balaban J connectivity index is 3.20. The number of halogens is 1. The summed E-state index contributed by atoms with van der Waals surface area (Å²) in [6.45, 7) is 13.9. The molecular formula is C14H24BrN3. The highest BCUT2D eigenvalue weighted by molar-refractivity contribution is 9.10. The molecule has 1 aromatic rings. The zero-order valence-electron chi connectivity index (χ0n) is 12.3. The van der Waals surface area contributed by atoms with Crippen molar-refractivity contribution in [2.45, 2.75) is 53.9 Å². The van der Waals surface area contributed by atoms with Gasteiger partial charge in [-0.15, -0.1) is 0 Å². The van der Waals surface area contributed by atoms with E-state index in [9.17, 15) is 0 Å². The first-order chi connectivity index (χ1) is 8.24. The Morgan fingerprint density at radius 2 is 1.83 bits per heavy atom. The average Bonchev–Trinajstić information content (AvgIpc) is 2.20. The lowest BCUT2D eigenvalue weighted by Gasteiger charge is -2.19. The van der Waals surface area contributed by atoms with Crippen molar-refractivity contribution in [1.29, 1.82) is 0 Å². The summed E-state index contributed by atoms with van der Waals surface area (Å²) in [6.07, 6.45) is 0.887. The first-order valence-electron chi connectivity index (χ1n) is 6.54. The molecule has 1 rings (SSSR count). The van der Waals surface area contributed by atoms with Gasteiger partial charge in [0, 0.05) is 13.0 Å². The molecule has 0 aliphatic carbocycles. The van der Waals surface area contributed by atoms with Gasteiger partial charge < -0.3 is 5.32 Å². The van der Waals surface area contributed by atoms with Gasteiger partial charge in [-0.1, -0.05) is 34.6 Å². The molecule has 1 aromatic heterocycles. The van der Waals surface area contributed by atoms with Gasteiger partial charge >= 0.3 is 0 Å². The third kappa shape index (κ3) is 4.23. The molecule has 0 fully saturated rings. The van der Waals surface area contributed by atoms with E-state index in [1.54, 1.807) is 0 Å². The van der Waals surface area contributed by atoms with Crippen LogP contribution < -0.4 is 5.32 Å². The Morgan fingerprint density at radius 1 is 1.22 bits per heavy atom. The summed E-state index contributed by atoms with van der Waals surface area (Å²) in [5.74, 6) is 2.22. The van der Waals surface area contributed by atoms with Gasteiger partial charge in [-0.2, -0.15) is 0 Å². The lowest BCUT2D eigenvalue weighted by atomic mass is 9.92. The molecule has 102 valence electrons. The van der Waals surface area contributed by atoms with Crippen LogP contribution in [0.3, 0.4) is 0 Å². The topological polar surface area (TPSA) is 37.8 Å². The van der Waals surface area contributed by atoms with Crippen molar-refractivity contribution in [3.8, 4) is 0 Å². The maximum Gasteiger partial charge on any atom is 0.144 e. The molecule has 0 radical (unpaired) electrons. The van der Waals surface area contributed by atoms with Gasteiger partial charge in [-0.05, 0) is 34.2 Å². The fraction of sp³-hybridized carbons (Fsp3) is 0.714. The highest BCUT2D eigenvalue weighted by Crippen LogP contribution is 2.30. The minimum absolute atomic E-state index is 0.200. The summed E-state index contributed by atoms with van der Waals surface area (Å²) in [5, 5.41) is 3.30. The van der Waals surface area contributed by atoms with E-state index in [0.717, 1.165) is 34.8 Å². The van der Waals surface area contributed by atoms with Gasteiger partial charge in [-0.25, -0.2) is 9.97 Å². The number of rotatable bonds is 4. The van der Waals surface area contributed by atoms with Crippen LogP contribution in [-0.4, -0.2) is 16.5 Å². The number of hydrogen-bond donors (Lipinski definition) is 1. The predicted molar refractivity (Wildman–Crippen MR) is 81.1 cm³/mol. The summed E-state index contributed by atoms with van der Waals surface area (Å²) in [4.78, 5) is 9.32.